The molecule has 0 aromatic heterocycles. The number of anilines is 1. The zero-order chi connectivity index (χ0) is 14.6. The summed E-state index contributed by atoms with van der Waals surface area (Å²) in [4.78, 5) is 13.8. The number of para-hydroxylation sites is 1. The van der Waals surface area contributed by atoms with Crippen LogP contribution in [0.4, 0.5) is 5.69 Å². The lowest BCUT2D eigenvalue weighted by Crippen LogP contribution is -2.44. The van der Waals surface area contributed by atoms with Crippen LogP contribution in [-0.4, -0.2) is 25.3 Å². The molecule has 1 aliphatic heterocycles. The molecule has 2 rings (SSSR count). The SMILES string of the molecule is CSc1ccccc1NC(=O)C(C)(C)C1CCCNC1. The molecule has 1 amide bonds. The minimum atomic E-state index is -0.348. The van der Waals surface area contributed by atoms with Gasteiger partial charge in [0.1, 0.15) is 0 Å². The molecule has 0 spiro atoms. The molecular formula is C16H24N2OS. The molecule has 1 saturated heterocycles. The normalized spacial score (nSPS) is 19.6. The Morgan fingerprint density at radius 3 is 2.80 bits per heavy atom. The second kappa shape index (κ2) is 6.64. The van der Waals surface area contributed by atoms with Crippen LogP contribution in [0.3, 0.4) is 0 Å². The van der Waals surface area contributed by atoms with Crippen LogP contribution in [0.25, 0.3) is 0 Å². The zero-order valence-electron chi connectivity index (χ0n) is 12.5. The van der Waals surface area contributed by atoms with E-state index in [0.29, 0.717) is 5.92 Å². The summed E-state index contributed by atoms with van der Waals surface area (Å²) in [6.45, 7) is 6.12. The van der Waals surface area contributed by atoms with Gasteiger partial charge < -0.3 is 10.6 Å². The van der Waals surface area contributed by atoms with Crippen molar-refractivity contribution < 1.29 is 4.79 Å². The topological polar surface area (TPSA) is 41.1 Å². The third-order valence-electron chi connectivity index (χ3n) is 4.26. The number of carbonyl (C=O) groups excluding carboxylic acids is 1. The van der Waals surface area contributed by atoms with Crippen molar-refractivity contribution in [2.45, 2.75) is 31.6 Å². The molecule has 1 heterocycles. The second-order valence-corrected chi connectivity index (χ2v) is 6.77. The highest BCUT2D eigenvalue weighted by Crippen LogP contribution is 2.34. The Kier molecular flexibility index (Phi) is 5.11. The fourth-order valence-electron chi connectivity index (χ4n) is 2.68. The zero-order valence-corrected chi connectivity index (χ0v) is 13.3. The first-order valence-electron chi connectivity index (χ1n) is 7.21. The van der Waals surface area contributed by atoms with Crippen molar-refractivity contribution in [3.63, 3.8) is 0 Å². The smallest absolute Gasteiger partial charge is 0.230 e. The number of benzene rings is 1. The van der Waals surface area contributed by atoms with Gasteiger partial charge in [-0.05, 0) is 50.2 Å². The minimum absolute atomic E-state index is 0.118. The number of piperidine rings is 1. The molecule has 2 N–H and O–H groups in total. The van der Waals surface area contributed by atoms with Crippen LogP contribution in [0, 0.1) is 11.3 Å². The fourth-order valence-corrected chi connectivity index (χ4v) is 3.24. The maximum atomic E-state index is 12.7. The highest BCUT2D eigenvalue weighted by molar-refractivity contribution is 7.98. The lowest BCUT2D eigenvalue weighted by Gasteiger charge is -2.36. The van der Waals surface area contributed by atoms with E-state index in [1.54, 1.807) is 11.8 Å². The summed E-state index contributed by atoms with van der Waals surface area (Å²) in [6.07, 6.45) is 4.31. The summed E-state index contributed by atoms with van der Waals surface area (Å²) in [7, 11) is 0. The molecule has 1 aromatic rings. The van der Waals surface area contributed by atoms with Crippen molar-refractivity contribution in [2.24, 2.45) is 11.3 Å². The summed E-state index contributed by atoms with van der Waals surface area (Å²) in [5.74, 6) is 0.519. The van der Waals surface area contributed by atoms with Crippen molar-refractivity contribution in [3.05, 3.63) is 24.3 Å². The number of thioether (sulfide) groups is 1. The van der Waals surface area contributed by atoms with Gasteiger partial charge in [0.2, 0.25) is 5.91 Å². The number of amides is 1. The van der Waals surface area contributed by atoms with Crippen LogP contribution in [0.1, 0.15) is 26.7 Å². The number of nitrogens with one attached hydrogen (secondary N) is 2. The van der Waals surface area contributed by atoms with E-state index in [-0.39, 0.29) is 11.3 Å². The average Bonchev–Trinajstić information content (AvgIpc) is 2.48. The Balaban J connectivity index is 2.10. The molecule has 0 aliphatic carbocycles. The summed E-state index contributed by atoms with van der Waals surface area (Å²) in [6, 6.07) is 7.97. The molecule has 4 heteroatoms. The number of hydrogen-bond acceptors (Lipinski definition) is 3. The van der Waals surface area contributed by atoms with E-state index in [2.05, 4.69) is 24.5 Å². The molecule has 1 atom stereocenters. The molecule has 110 valence electrons. The quantitative estimate of drug-likeness (QED) is 0.836. The van der Waals surface area contributed by atoms with Crippen molar-refractivity contribution >= 4 is 23.4 Å². The van der Waals surface area contributed by atoms with Crippen LogP contribution in [-0.2, 0) is 4.79 Å². The molecule has 1 aromatic carbocycles. The second-order valence-electron chi connectivity index (χ2n) is 5.92. The maximum Gasteiger partial charge on any atom is 0.230 e. The van der Waals surface area contributed by atoms with Gasteiger partial charge >= 0.3 is 0 Å². The van der Waals surface area contributed by atoms with Gasteiger partial charge in [-0.25, -0.2) is 0 Å². The van der Waals surface area contributed by atoms with Crippen molar-refractivity contribution in [1.82, 2.24) is 5.32 Å². The van der Waals surface area contributed by atoms with E-state index < -0.39 is 0 Å². The number of rotatable bonds is 4. The number of carbonyl (C=O) groups is 1. The third-order valence-corrected chi connectivity index (χ3v) is 5.05. The van der Waals surface area contributed by atoms with Crippen molar-refractivity contribution in [1.29, 1.82) is 0 Å². The predicted molar refractivity (Wildman–Crippen MR) is 86.2 cm³/mol. The summed E-state index contributed by atoms with van der Waals surface area (Å²) < 4.78 is 0. The average molecular weight is 292 g/mol. The van der Waals surface area contributed by atoms with Crippen LogP contribution >= 0.6 is 11.8 Å². The Hall–Kier alpha value is -1.00. The maximum absolute atomic E-state index is 12.7. The minimum Gasteiger partial charge on any atom is -0.325 e. The fraction of sp³-hybridized carbons (Fsp3) is 0.562. The van der Waals surface area contributed by atoms with Crippen LogP contribution in [0.5, 0.6) is 0 Å². The van der Waals surface area contributed by atoms with Gasteiger partial charge in [-0.2, -0.15) is 0 Å². The van der Waals surface area contributed by atoms with Crippen molar-refractivity contribution in [2.75, 3.05) is 24.7 Å². The van der Waals surface area contributed by atoms with Crippen LogP contribution in [0.15, 0.2) is 29.2 Å². The Morgan fingerprint density at radius 2 is 2.15 bits per heavy atom. The van der Waals surface area contributed by atoms with E-state index in [9.17, 15) is 4.79 Å². The van der Waals surface area contributed by atoms with Gasteiger partial charge in [-0.3, -0.25) is 4.79 Å². The van der Waals surface area contributed by atoms with Crippen molar-refractivity contribution in [3.8, 4) is 0 Å². The highest BCUT2D eigenvalue weighted by atomic mass is 32.2. The third kappa shape index (κ3) is 3.36. The first kappa shape index (κ1) is 15.4. The van der Waals surface area contributed by atoms with Crippen LogP contribution < -0.4 is 10.6 Å². The van der Waals surface area contributed by atoms with Gasteiger partial charge in [0, 0.05) is 10.3 Å². The van der Waals surface area contributed by atoms with Crippen LogP contribution in [0.2, 0.25) is 0 Å². The largest absolute Gasteiger partial charge is 0.325 e. The van der Waals surface area contributed by atoms with Gasteiger partial charge in [-0.15, -0.1) is 11.8 Å². The molecule has 1 unspecified atom stereocenters. The summed E-state index contributed by atoms with van der Waals surface area (Å²) in [5, 5.41) is 6.51. The monoisotopic (exact) mass is 292 g/mol. The molecule has 0 bridgehead atoms. The Morgan fingerprint density at radius 1 is 1.40 bits per heavy atom. The molecule has 20 heavy (non-hydrogen) atoms. The van der Waals surface area contributed by atoms with E-state index in [1.165, 1.54) is 0 Å². The number of hydrogen-bond donors (Lipinski definition) is 2. The van der Waals surface area contributed by atoms with Gasteiger partial charge in [0.15, 0.2) is 0 Å². The summed E-state index contributed by atoms with van der Waals surface area (Å²) in [5.41, 5.74) is 0.570. The Labute approximate surface area is 125 Å². The van der Waals surface area contributed by atoms with Gasteiger partial charge in [0.05, 0.1) is 5.69 Å². The molecule has 3 nitrogen and oxygen atoms in total. The van der Waals surface area contributed by atoms with Gasteiger partial charge in [-0.1, -0.05) is 26.0 Å². The van der Waals surface area contributed by atoms with E-state index >= 15 is 0 Å². The first-order chi connectivity index (χ1) is 9.55. The molecule has 0 radical (unpaired) electrons. The van der Waals surface area contributed by atoms with Gasteiger partial charge in [0.25, 0.3) is 0 Å². The van der Waals surface area contributed by atoms with E-state index in [0.717, 1.165) is 36.5 Å². The molecule has 1 aliphatic rings. The molecule has 0 saturated carbocycles. The molecular weight excluding hydrogens is 268 g/mol. The lowest BCUT2D eigenvalue weighted by atomic mass is 9.74. The Bertz CT molecular complexity index is 467. The standard InChI is InChI=1S/C16H24N2OS/c1-16(2,12-7-6-10-17-11-12)15(19)18-13-8-4-5-9-14(13)20-3/h4-5,8-9,12,17H,6-7,10-11H2,1-3H3,(H,18,19). The summed E-state index contributed by atoms with van der Waals surface area (Å²) >= 11 is 1.66. The first-order valence-corrected chi connectivity index (χ1v) is 8.43. The van der Waals surface area contributed by atoms with E-state index in [4.69, 9.17) is 0 Å². The molecule has 1 fully saturated rings. The lowest BCUT2D eigenvalue weighted by molar-refractivity contribution is -0.127. The predicted octanol–water partition coefficient (Wildman–Crippen LogP) is 3.37. The van der Waals surface area contributed by atoms with E-state index in [1.807, 2.05) is 30.5 Å². The highest BCUT2D eigenvalue weighted by Gasteiger charge is 2.37.